The Morgan fingerprint density at radius 1 is 1.47 bits per heavy atom. The van der Waals surface area contributed by atoms with Gasteiger partial charge in [-0.25, -0.2) is 4.68 Å². The summed E-state index contributed by atoms with van der Waals surface area (Å²) in [6, 6.07) is 0. The molecule has 0 aromatic carbocycles. The van der Waals surface area contributed by atoms with Crippen LogP contribution in [0.4, 0.5) is 5.82 Å². The second-order valence-electron chi connectivity index (χ2n) is 3.24. The first kappa shape index (κ1) is 12.1. The van der Waals surface area contributed by atoms with Crippen LogP contribution in [0.5, 0.6) is 0 Å². The number of hydrogen-bond acceptors (Lipinski definition) is 4. The van der Waals surface area contributed by atoms with Gasteiger partial charge in [0, 0.05) is 6.54 Å². The van der Waals surface area contributed by atoms with Crippen LogP contribution in [0, 0.1) is 10.1 Å². The van der Waals surface area contributed by atoms with E-state index in [9.17, 15) is 10.1 Å². The highest BCUT2D eigenvalue weighted by atomic mass is 79.9. The quantitative estimate of drug-likeness (QED) is 0.455. The van der Waals surface area contributed by atoms with Crippen LogP contribution in [0.25, 0.3) is 0 Å². The predicted octanol–water partition coefficient (Wildman–Crippen LogP) is 2.53. The molecule has 1 heterocycles. The summed E-state index contributed by atoms with van der Waals surface area (Å²) in [4.78, 5) is 9.93. The van der Waals surface area contributed by atoms with E-state index in [1.54, 1.807) is 0 Å². The van der Waals surface area contributed by atoms with E-state index in [0.29, 0.717) is 11.1 Å². The summed E-state index contributed by atoms with van der Waals surface area (Å²) in [7, 11) is 0. The van der Waals surface area contributed by atoms with Gasteiger partial charge >= 0.3 is 5.82 Å². The third-order valence-corrected chi connectivity index (χ3v) is 2.82. The minimum absolute atomic E-state index is 0.217. The number of aromatic nitrogens is 3. The molecular formula is C8H13BrN4O2. The van der Waals surface area contributed by atoms with Crippen LogP contribution in [0.3, 0.4) is 0 Å². The van der Waals surface area contributed by atoms with E-state index in [0.717, 1.165) is 12.8 Å². The van der Waals surface area contributed by atoms with Gasteiger partial charge in [0.2, 0.25) is 4.60 Å². The van der Waals surface area contributed by atoms with Crippen molar-refractivity contribution in [1.82, 2.24) is 15.0 Å². The minimum atomic E-state index is -0.542. The highest BCUT2D eigenvalue weighted by Crippen LogP contribution is 2.21. The third-order valence-electron chi connectivity index (χ3n) is 2.05. The van der Waals surface area contributed by atoms with Crippen LogP contribution >= 0.6 is 15.9 Å². The maximum atomic E-state index is 10.5. The van der Waals surface area contributed by atoms with Gasteiger partial charge in [-0.1, -0.05) is 26.2 Å². The third kappa shape index (κ3) is 3.26. The zero-order valence-corrected chi connectivity index (χ0v) is 10.1. The van der Waals surface area contributed by atoms with Crippen LogP contribution in [0.15, 0.2) is 4.60 Å². The lowest BCUT2D eigenvalue weighted by Gasteiger charge is -1.99. The lowest BCUT2D eigenvalue weighted by atomic mass is 10.2. The molecule has 0 bridgehead atoms. The zero-order valence-electron chi connectivity index (χ0n) is 8.52. The molecule has 0 unspecified atom stereocenters. The highest BCUT2D eigenvalue weighted by Gasteiger charge is 2.20. The van der Waals surface area contributed by atoms with Gasteiger partial charge in [-0.05, 0) is 27.3 Å². The molecule has 0 fully saturated rings. The number of hydrogen-bond donors (Lipinski definition) is 0. The van der Waals surface area contributed by atoms with E-state index in [2.05, 4.69) is 33.2 Å². The average molecular weight is 277 g/mol. The van der Waals surface area contributed by atoms with E-state index < -0.39 is 4.92 Å². The van der Waals surface area contributed by atoms with Crippen LogP contribution in [-0.2, 0) is 6.54 Å². The average Bonchev–Trinajstić information content (AvgIpc) is 2.55. The molecule has 0 amide bonds. The van der Waals surface area contributed by atoms with Gasteiger partial charge in [0.25, 0.3) is 0 Å². The smallest absolute Gasteiger partial charge is 0.358 e. The maximum Gasteiger partial charge on any atom is 0.425 e. The Labute approximate surface area is 95.9 Å². The van der Waals surface area contributed by atoms with E-state index >= 15 is 0 Å². The first-order valence-corrected chi connectivity index (χ1v) is 5.69. The standard InChI is InChI=1S/C8H13BrN4O2/c1-2-3-4-5-6-12-7(9)8(10-11-12)13(14)15/h2-6H2,1H3. The van der Waals surface area contributed by atoms with Gasteiger partial charge in [0.15, 0.2) is 0 Å². The van der Waals surface area contributed by atoms with E-state index in [-0.39, 0.29) is 5.82 Å². The monoisotopic (exact) mass is 276 g/mol. The molecule has 0 spiro atoms. The molecule has 0 N–H and O–H groups in total. The van der Waals surface area contributed by atoms with Crippen molar-refractivity contribution in [3.05, 3.63) is 14.7 Å². The van der Waals surface area contributed by atoms with E-state index in [1.807, 2.05) is 0 Å². The Morgan fingerprint density at radius 2 is 2.20 bits per heavy atom. The summed E-state index contributed by atoms with van der Waals surface area (Å²) in [5.41, 5.74) is 0. The van der Waals surface area contributed by atoms with Crippen molar-refractivity contribution >= 4 is 21.7 Å². The normalized spacial score (nSPS) is 10.5. The number of rotatable bonds is 6. The summed E-state index contributed by atoms with van der Waals surface area (Å²) in [5, 5.41) is 17.7. The number of nitro groups is 1. The number of halogens is 1. The van der Waals surface area contributed by atoms with Gasteiger partial charge in [0.05, 0.1) is 5.21 Å². The van der Waals surface area contributed by atoms with Crippen molar-refractivity contribution in [3.8, 4) is 0 Å². The first-order valence-electron chi connectivity index (χ1n) is 4.90. The first-order chi connectivity index (χ1) is 7.16. The second kappa shape index (κ2) is 5.79. The van der Waals surface area contributed by atoms with Crippen LogP contribution < -0.4 is 0 Å². The molecule has 15 heavy (non-hydrogen) atoms. The molecule has 0 atom stereocenters. The van der Waals surface area contributed by atoms with Crippen molar-refractivity contribution in [2.24, 2.45) is 0 Å². The van der Waals surface area contributed by atoms with Crippen LogP contribution in [0.2, 0.25) is 0 Å². The van der Waals surface area contributed by atoms with Gasteiger partial charge in [-0.3, -0.25) is 0 Å². The molecule has 1 aromatic heterocycles. The summed E-state index contributed by atoms with van der Waals surface area (Å²) in [6.07, 6.45) is 4.41. The molecule has 0 radical (unpaired) electrons. The molecule has 1 rings (SSSR count). The minimum Gasteiger partial charge on any atom is -0.358 e. The molecule has 0 saturated carbocycles. The zero-order chi connectivity index (χ0) is 11.3. The Bertz CT molecular complexity index is 339. The van der Waals surface area contributed by atoms with Gasteiger partial charge in [-0.15, -0.1) is 0 Å². The topological polar surface area (TPSA) is 73.8 Å². The SMILES string of the molecule is CCCCCCn1nnc([N+](=O)[O-])c1Br. The Hall–Kier alpha value is -0.980. The maximum absolute atomic E-state index is 10.5. The Kier molecular flexibility index (Phi) is 4.67. The van der Waals surface area contributed by atoms with Gasteiger partial charge < -0.3 is 10.1 Å². The van der Waals surface area contributed by atoms with Crippen LogP contribution in [0.1, 0.15) is 32.6 Å². The fourth-order valence-corrected chi connectivity index (χ4v) is 1.71. The molecule has 1 aromatic rings. The van der Waals surface area contributed by atoms with E-state index in [4.69, 9.17) is 0 Å². The summed E-state index contributed by atoms with van der Waals surface area (Å²) < 4.78 is 1.87. The fraction of sp³-hybridized carbons (Fsp3) is 0.750. The van der Waals surface area contributed by atoms with E-state index in [1.165, 1.54) is 17.5 Å². The Morgan fingerprint density at radius 3 is 2.73 bits per heavy atom. The summed E-state index contributed by atoms with van der Waals surface area (Å²) in [6.45, 7) is 2.80. The van der Waals surface area contributed by atoms with Crippen molar-refractivity contribution in [2.75, 3.05) is 0 Å². The second-order valence-corrected chi connectivity index (χ2v) is 4.00. The predicted molar refractivity (Wildman–Crippen MR) is 58.5 cm³/mol. The van der Waals surface area contributed by atoms with Crippen molar-refractivity contribution in [1.29, 1.82) is 0 Å². The van der Waals surface area contributed by atoms with Crippen molar-refractivity contribution < 1.29 is 4.92 Å². The van der Waals surface area contributed by atoms with Crippen molar-refractivity contribution in [3.63, 3.8) is 0 Å². The molecule has 0 aliphatic rings. The fourth-order valence-electron chi connectivity index (χ4n) is 1.24. The van der Waals surface area contributed by atoms with Crippen molar-refractivity contribution in [2.45, 2.75) is 39.2 Å². The molecule has 7 heteroatoms. The lowest BCUT2D eigenvalue weighted by Crippen LogP contribution is -2.00. The summed E-state index contributed by atoms with van der Waals surface area (Å²) in [5.74, 6) is -0.217. The number of nitrogens with zero attached hydrogens (tertiary/aromatic N) is 4. The molecule has 6 nitrogen and oxygen atoms in total. The summed E-state index contributed by atoms with van der Waals surface area (Å²) >= 11 is 3.12. The molecule has 84 valence electrons. The largest absolute Gasteiger partial charge is 0.425 e. The van der Waals surface area contributed by atoms with Gasteiger partial charge in [-0.2, -0.15) is 0 Å². The number of unbranched alkanes of at least 4 members (excludes halogenated alkanes) is 3. The number of aryl methyl sites for hydroxylation is 1. The lowest BCUT2D eigenvalue weighted by molar-refractivity contribution is -0.390. The van der Waals surface area contributed by atoms with Crippen LogP contribution in [-0.4, -0.2) is 19.9 Å². The molecule has 0 saturated heterocycles. The molecule has 0 aliphatic carbocycles. The molecular weight excluding hydrogens is 264 g/mol. The molecule has 0 aliphatic heterocycles. The highest BCUT2D eigenvalue weighted by molar-refractivity contribution is 9.10. The van der Waals surface area contributed by atoms with Gasteiger partial charge in [0.1, 0.15) is 5.10 Å². The Balaban J connectivity index is 2.51.